The second-order valence-corrected chi connectivity index (χ2v) is 6.85. The van der Waals surface area contributed by atoms with Gasteiger partial charge in [-0.15, -0.1) is 0 Å². The molecule has 4 heteroatoms. The van der Waals surface area contributed by atoms with Gasteiger partial charge in [-0.25, -0.2) is 0 Å². The van der Waals surface area contributed by atoms with Crippen LogP contribution in [0, 0.1) is 0 Å². The van der Waals surface area contributed by atoms with E-state index in [2.05, 4.69) is 40.5 Å². The highest BCUT2D eigenvalue weighted by atomic mass is 16.1. The number of benzene rings is 2. The van der Waals surface area contributed by atoms with Gasteiger partial charge < -0.3 is 11.1 Å². The zero-order valence-corrected chi connectivity index (χ0v) is 14.6. The minimum atomic E-state index is -0.298. The molecule has 1 saturated heterocycles. The molecule has 1 amide bonds. The van der Waals surface area contributed by atoms with Crippen LogP contribution in [0.5, 0.6) is 0 Å². The first-order valence-electron chi connectivity index (χ1n) is 9.06. The summed E-state index contributed by atoms with van der Waals surface area (Å²) in [5.74, 6) is -0.268. The Labute approximate surface area is 150 Å². The molecule has 0 saturated carbocycles. The number of hydrogen-bond acceptors (Lipinski definition) is 3. The molecule has 1 aliphatic heterocycles. The zero-order valence-electron chi connectivity index (χ0n) is 14.6. The molecule has 3 rings (SSSR count). The summed E-state index contributed by atoms with van der Waals surface area (Å²) < 4.78 is 0. The van der Waals surface area contributed by atoms with Crippen molar-refractivity contribution < 1.29 is 4.79 Å². The molecule has 1 unspecified atom stereocenters. The van der Waals surface area contributed by atoms with Crippen LogP contribution >= 0.6 is 0 Å². The highest BCUT2D eigenvalue weighted by Gasteiger charge is 2.24. The number of primary amides is 1. The Kier molecular flexibility index (Phi) is 6.20. The van der Waals surface area contributed by atoms with Crippen LogP contribution in [-0.4, -0.2) is 36.0 Å². The lowest BCUT2D eigenvalue weighted by Gasteiger charge is -2.34. The molecule has 1 atom stereocenters. The van der Waals surface area contributed by atoms with E-state index in [1.807, 2.05) is 30.3 Å². The van der Waals surface area contributed by atoms with Gasteiger partial charge in [0.25, 0.3) is 0 Å². The van der Waals surface area contributed by atoms with Crippen LogP contribution in [0.4, 0.5) is 0 Å². The fraction of sp³-hybridized carbons (Fsp3) is 0.381. The van der Waals surface area contributed by atoms with Gasteiger partial charge in [-0.3, -0.25) is 9.69 Å². The molecule has 0 bridgehead atoms. The zero-order chi connectivity index (χ0) is 17.5. The average molecular weight is 337 g/mol. The van der Waals surface area contributed by atoms with Gasteiger partial charge in [0, 0.05) is 12.6 Å². The van der Waals surface area contributed by atoms with Crippen molar-refractivity contribution in [1.29, 1.82) is 0 Å². The molecule has 0 aliphatic carbocycles. The van der Waals surface area contributed by atoms with E-state index in [1.165, 1.54) is 5.56 Å². The van der Waals surface area contributed by atoms with Crippen molar-refractivity contribution in [3.8, 4) is 0 Å². The highest BCUT2D eigenvalue weighted by Crippen LogP contribution is 2.15. The third-order valence-corrected chi connectivity index (χ3v) is 4.90. The fourth-order valence-corrected chi connectivity index (χ4v) is 3.48. The van der Waals surface area contributed by atoms with Gasteiger partial charge in [-0.2, -0.15) is 0 Å². The van der Waals surface area contributed by atoms with E-state index in [-0.39, 0.29) is 11.9 Å². The smallest absolute Gasteiger partial charge is 0.234 e. The first-order chi connectivity index (χ1) is 12.2. The van der Waals surface area contributed by atoms with Crippen LogP contribution in [0.25, 0.3) is 0 Å². The Morgan fingerprint density at radius 1 is 1.00 bits per heavy atom. The maximum atomic E-state index is 11.8. The third-order valence-electron chi connectivity index (χ3n) is 4.90. The number of nitrogens with one attached hydrogen (secondary N) is 1. The minimum absolute atomic E-state index is 0.268. The summed E-state index contributed by atoms with van der Waals surface area (Å²) in [6.07, 6.45) is 2.75. The Hall–Kier alpha value is -2.17. The van der Waals surface area contributed by atoms with Crippen molar-refractivity contribution in [2.24, 2.45) is 5.73 Å². The molecule has 25 heavy (non-hydrogen) atoms. The van der Waals surface area contributed by atoms with E-state index in [1.54, 1.807) is 0 Å². The number of hydrogen-bond donors (Lipinski definition) is 2. The molecular formula is C21H27N3O. The Morgan fingerprint density at radius 2 is 1.56 bits per heavy atom. The number of carbonyl (C=O) groups excluding carboxylic acids is 1. The summed E-state index contributed by atoms with van der Waals surface area (Å²) in [6, 6.07) is 20.7. The Balaban J connectivity index is 1.49. The topological polar surface area (TPSA) is 58.4 Å². The first kappa shape index (κ1) is 17.6. The molecule has 2 aromatic rings. The molecule has 2 aromatic carbocycles. The lowest BCUT2D eigenvalue weighted by atomic mass is 10.00. The average Bonchev–Trinajstić information content (AvgIpc) is 2.64. The van der Waals surface area contributed by atoms with Crippen molar-refractivity contribution >= 4 is 5.91 Å². The van der Waals surface area contributed by atoms with E-state index in [0.717, 1.165) is 38.0 Å². The quantitative estimate of drug-likeness (QED) is 0.815. The van der Waals surface area contributed by atoms with Gasteiger partial charge in [-0.05, 0) is 43.5 Å². The van der Waals surface area contributed by atoms with Gasteiger partial charge in [0.05, 0.1) is 6.04 Å². The van der Waals surface area contributed by atoms with Crippen LogP contribution in [0.3, 0.4) is 0 Å². The molecular weight excluding hydrogens is 310 g/mol. The molecule has 4 nitrogen and oxygen atoms in total. The van der Waals surface area contributed by atoms with Gasteiger partial charge in [0.1, 0.15) is 0 Å². The maximum Gasteiger partial charge on any atom is 0.234 e. The van der Waals surface area contributed by atoms with Gasteiger partial charge in [-0.1, -0.05) is 60.7 Å². The molecule has 1 aliphatic rings. The summed E-state index contributed by atoms with van der Waals surface area (Å²) in [5, 5.41) is 3.49. The van der Waals surface area contributed by atoms with Crippen molar-refractivity contribution in [2.75, 3.05) is 13.1 Å². The summed E-state index contributed by atoms with van der Waals surface area (Å²) in [4.78, 5) is 14.3. The molecule has 1 heterocycles. The predicted octanol–water partition coefficient (Wildman–Crippen LogP) is 2.34. The number of likely N-dealkylation sites (tertiary alicyclic amines) is 1. The second kappa shape index (κ2) is 8.79. The first-order valence-corrected chi connectivity index (χ1v) is 9.06. The van der Waals surface area contributed by atoms with E-state index in [9.17, 15) is 4.79 Å². The van der Waals surface area contributed by atoms with E-state index >= 15 is 0 Å². The molecule has 3 N–H and O–H groups in total. The second-order valence-electron chi connectivity index (χ2n) is 6.85. The Bertz CT molecular complexity index is 651. The molecule has 1 fully saturated rings. The molecule has 0 spiro atoms. The van der Waals surface area contributed by atoms with E-state index < -0.39 is 0 Å². The minimum Gasteiger partial charge on any atom is -0.368 e. The summed E-state index contributed by atoms with van der Waals surface area (Å²) in [6.45, 7) is 3.09. The van der Waals surface area contributed by atoms with Gasteiger partial charge in [0.2, 0.25) is 5.91 Å². The summed E-state index contributed by atoms with van der Waals surface area (Å²) >= 11 is 0. The summed E-state index contributed by atoms with van der Waals surface area (Å²) in [7, 11) is 0. The van der Waals surface area contributed by atoms with Crippen LogP contribution in [0.15, 0.2) is 60.7 Å². The van der Waals surface area contributed by atoms with Crippen LogP contribution < -0.4 is 11.1 Å². The number of nitrogens with zero attached hydrogens (tertiary/aromatic N) is 1. The van der Waals surface area contributed by atoms with Gasteiger partial charge in [0.15, 0.2) is 0 Å². The van der Waals surface area contributed by atoms with Crippen LogP contribution in [0.1, 0.15) is 24.0 Å². The highest BCUT2D eigenvalue weighted by molar-refractivity contribution is 5.80. The molecule has 0 aromatic heterocycles. The van der Waals surface area contributed by atoms with Gasteiger partial charge >= 0.3 is 0 Å². The summed E-state index contributed by atoms with van der Waals surface area (Å²) in [5.41, 5.74) is 8.11. The number of rotatable bonds is 7. The normalized spacial score (nSPS) is 17.3. The van der Waals surface area contributed by atoms with E-state index in [4.69, 9.17) is 5.73 Å². The number of amides is 1. The standard InChI is InChI=1S/C21H27N3O/c22-21(25)20(15-17-7-3-1-4-8-17)23-19-11-13-24(14-12-19)16-18-9-5-2-6-10-18/h1-10,19-20,23H,11-16H2,(H2,22,25). The van der Waals surface area contributed by atoms with Crippen molar-refractivity contribution in [3.05, 3.63) is 71.8 Å². The third kappa shape index (κ3) is 5.41. The largest absolute Gasteiger partial charge is 0.368 e. The Morgan fingerprint density at radius 3 is 2.12 bits per heavy atom. The fourth-order valence-electron chi connectivity index (χ4n) is 3.48. The number of nitrogens with two attached hydrogens (primary N) is 1. The molecule has 0 radical (unpaired) electrons. The van der Waals surface area contributed by atoms with Crippen molar-refractivity contribution in [2.45, 2.75) is 37.9 Å². The number of carbonyl (C=O) groups is 1. The SMILES string of the molecule is NC(=O)C(Cc1ccccc1)NC1CCN(Cc2ccccc2)CC1. The molecule has 132 valence electrons. The van der Waals surface area contributed by atoms with Crippen molar-refractivity contribution in [3.63, 3.8) is 0 Å². The predicted molar refractivity (Wildman–Crippen MR) is 101 cm³/mol. The van der Waals surface area contributed by atoms with Crippen molar-refractivity contribution in [1.82, 2.24) is 10.2 Å². The monoisotopic (exact) mass is 337 g/mol. The lowest BCUT2D eigenvalue weighted by molar-refractivity contribution is -0.120. The number of piperidine rings is 1. The lowest BCUT2D eigenvalue weighted by Crippen LogP contribution is -2.51. The van der Waals surface area contributed by atoms with E-state index in [0.29, 0.717) is 12.5 Å². The van der Waals surface area contributed by atoms with Crippen LogP contribution in [-0.2, 0) is 17.8 Å². The maximum absolute atomic E-state index is 11.8. The van der Waals surface area contributed by atoms with Crippen LogP contribution in [0.2, 0.25) is 0 Å².